The minimum Gasteiger partial charge on any atom is -0.307 e. The van der Waals surface area contributed by atoms with Crippen LogP contribution in [0.15, 0.2) is 53.5 Å². The first-order chi connectivity index (χ1) is 11.8. The quantitative estimate of drug-likeness (QED) is 0.748. The number of benzene rings is 2. The first-order valence-corrected chi connectivity index (χ1v) is 9.20. The van der Waals surface area contributed by atoms with Gasteiger partial charge in [-0.3, -0.25) is 4.99 Å². The van der Waals surface area contributed by atoms with Gasteiger partial charge in [-0.25, -0.2) is 9.69 Å². The van der Waals surface area contributed by atoms with Crippen molar-refractivity contribution >= 4 is 45.9 Å². The summed E-state index contributed by atoms with van der Waals surface area (Å²) in [6.45, 7) is 6.93. The van der Waals surface area contributed by atoms with Gasteiger partial charge in [0.05, 0.1) is 12.2 Å². The fourth-order valence-electron chi connectivity index (χ4n) is 2.51. The van der Waals surface area contributed by atoms with E-state index in [-0.39, 0.29) is 10.8 Å². The number of aliphatic imine (C=N–C) groups is 1. The summed E-state index contributed by atoms with van der Waals surface area (Å²) < 4.78 is -0.0201. The fourth-order valence-corrected chi connectivity index (χ4v) is 3.74. The zero-order valence-corrected chi connectivity index (χ0v) is 16.0. The van der Waals surface area contributed by atoms with Gasteiger partial charge >= 0.3 is 6.03 Å². The molecule has 2 amide bonds. The predicted molar refractivity (Wildman–Crippen MR) is 108 cm³/mol. The lowest BCUT2D eigenvalue weighted by Crippen LogP contribution is -2.38. The van der Waals surface area contributed by atoms with E-state index in [0.29, 0.717) is 22.4 Å². The normalized spacial score (nSPS) is 15.6. The second kappa shape index (κ2) is 7.10. The zero-order valence-electron chi connectivity index (χ0n) is 14.4. The highest BCUT2D eigenvalue weighted by molar-refractivity contribution is 8.15. The van der Waals surface area contributed by atoms with Crippen molar-refractivity contribution in [1.82, 2.24) is 0 Å². The summed E-state index contributed by atoms with van der Waals surface area (Å²) >= 11 is 7.63. The van der Waals surface area contributed by atoms with Crippen molar-refractivity contribution < 1.29 is 4.79 Å². The van der Waals surface area contributed by atoms with E-state index in [4.69, 9.17) is 11.6 Å². The van der Waals surface area contributed by atoms with Gasteiger partial charge in [-0.15, -0.1) is 0 Å². The molecule has 25 heavy (non-hydrogen) atoms. The molecule has 6 heteroatoms. The van der Waals surface area contributed by atoms with Gasteiger partial charge in [-0.2, -0.15) is 0 Å². The molecule has 130 valence electrons. The number of halogens is 1. The Balaban J connectivity index is 1.92. The average Bonchev–Trinajstić information content (AvgIpc) is 2.87. The predicted octanol–water partition coefficient (Wildman–Crippen LogP) is 5.57. The third-order valence-electron chi connectivity index (χ3n) is 3.69. The summed E-state index contributed by atoms with van der Waals surface area (Å²) in [6.07, 6.45) is 0. The number of hydrogen-bond donors (Lipinski definition) is 1. The molecule has 0 radical (unpaired) electrons. The molecule has 0 unspecified atom stereocenters. The zero-order chi connectivity index (χ0) is 18.0. The SMILES string of the molecule is Cc1cccc(N(C(=O)Nc2cccc(Cl)c2)C2=NCC(C)(C)S2)c1. The van der Waals surface area contributed by atoms with Crippen molar-refractivity contribution in [2.75, 3.05) is 16.8 Å². The second-order valence-electron chi connectivity index (χ2n) is 6.58. The van der Waals surface area contributed by atoms with E-state index in [9.17, 15) is 4.79 Å². The third-order valence-corrected chi connectivity index (χ3v) is 5.10. The van der Waals surface area contributed by atoms with E-state index < -0.39 is 0 Å². The molecule has 2 aromatic rings. The number of thioether (sulfide) groups is 1. The molecule has 0 aliphatic carbocycles. The summed E-state index contributed by atoms with van der Waals surface area (Å²) in [5, 5.41) is 4.19. The van der Waals surface area contributed by atoms with Crippen LogP contribution in [0.2, 0.25) is 5.02 Å². The minimum atomic E-state index is -0.253. The monoisotopic (exact) mass is 373 g/mol. The van der Waals surface area contributed by atoms with Gasteiger partial charge in [0.1, 0.15) is 0 Å². The number of urea groups is 1. The molecule has 2 aromatic carbocycles. The summed E-state index contributed by atoms with van der Waals surface area (Å²) in [5.41, 5.74) is 2.53. The maximum atomic E-state index is 13.0. The van der Waals surface area contributed by atoms with Crippen molar-refractivity contribution in [2.45, 2.75) is 25.5 Å². The van der Waals surface area contributed by atoms with Gasteiger partial charge in [0.2, 0.25) is 0 Å². The lowest BCUT2D eigenvalue weighted by molar-refractivity contribution is 0.259. The molecule has 1 aliphatic rings. The standard InChI is InChI=1S/C19H20ClN3OS/c1-13-6-4-9-16(10-13)23(18-21-12-19(2,3)25-18)17(24)22-15-8-5-7-14(20)11-15/h4-11H,12H2,1-3H3,(H,22,24). The molecule has 0 fully saturated rings. The van der Waals surface area contributed by atoms with Crippen molar-refractivity contribution in [1.29, 1.82) is 0 Å². The number of rotatable bonds is 2. The summed E-state index contributed by atoms with van der Waals surface area (Å²) in [4.78, 5) is 19.2. The molecule has 4 nitrogen and oxygen atoms in total. The lowest BCUT2D eigenvalue weighted by atomic mass is 10.2. The van der Waals surface area contributed by atoms with Crippen LogP contribution in [0.3, 0.4) is 0 Å². The molecule has 1 heterocycles. The van der Waals surface area contributed by atoms with Crippen LogP contribution in [-0.2, 0) is 0 Å². The van der Waals surface area contributed by atoms with E-state index in [1.54, 1.807) is 34.9 Å². The van der Waals surface area contributed by atoms with Crippen LogP contribution >= 0.6 is 23.4 Å². The number of nitrogens with one attached hydrogen (secondary N) is 1. The van der Waals surface area contributed by atoms with Gasteiger partial charge < -0.3 is 5.32 Å². The molecule has 0 spiro atoms. The van der Waals surface area contributed by atoms with Gasteiger partial charge in [0, 0.05) is 15.5 Å². The Morgan fingerprint density at radius 1 is 1.24 bits per heavy atom. The maximum absolute atomic E-state index is 13.0. The van der Waals surface area contributed by atoms with Crippen molar-refractivity contribution in [3.05, 3.63) is 59.1 Å². The maximum Gasteiger partial charge on any atom is 0.332 e. The highest BCUT2D eigenvalue weighted by Gasteiger charge is 2.33. The molecule has 1 N–H and O–H groups in total. The van der Waals surface area contributed by atoms with Crippen LogP contribution in [-0.4, -0.2) is 22.5 Å². The van der Waals surface area contributed by atoms with Crippen LogP contribution < -0.4 is 10.2 Å². The van der Waals surface area contributed by atoms with Crippen molar-refractivity contribution in [3.63, 3.8) is 0 Å². The first-order valence-electron chi connectivity index (χ1n) is 8.01. The number of nitrogens with zero attached hydrogens (tertiary/aromatic N) is 2. The average molecular weight is 374 g/mol. The topological polar surface area (TPSA) is 44.7 Å². The fraction of sp³-hybridized carbons (Fsp3) is 0.263. The lowest BCUT2D eigenvalue weighted by Gasteiger charge is -2.24. The summed E-state index contributed by atoms with van der Waals surface area (Å²) in [7, 11) is 0. The number of carbonyl (C=O) groups is 1. The molecular formula is C19H20ClN3OS. The second-order valence-corrected chi connectivity index (χ2v) is 8.69. The van der Waals surface area contributed by atoms with E-state index in [2.05, 4.69) is 24.2 Å². The highest BCUT2D eigenvalue weighted by atomic mass is 35.5. The summed E-state index contributed by atoms with van der Waals surface area (Å²) in [6, 6.07) is 14.7. The molecule has 1 aliphatic heterocycles. The van der Waals surface area contributed by atoms with Crippen LogP contribution in [0.4, 0.5) is 16.2 Å². The largest absolute Gasteiger partial charge is 0.332 e. The van der Waals surface area contributed by atoms with Crippen LogP contribution in [0.5, 0.6) is 0 Å². The Kier molecular flexibility index (Phi) is 5.06. The van der Waals surface area contributed by atoms with Gasteiger partial charge in [-0.1, -0.05) is 41.6 Å². The number of amides is 2. The molecule has 0 aromatic heterocycles. The summed E-state index contributed by atoms with van der Waals surface area (Å²) in [5.74, 6) is 0. The number of amidine groups is 1. The molecule has 3 rings (SSSR count). The Morgan fingerprint density at radius 3 is 2.64 bits per heavy atom. The van der Waals surface area contributed by atoms with Crippen molar-refractivity contribution in [2.24, 2.45) is 4.99 Å². The Bertz CT molecular complexity index is 835. The van der Waals surface area contributed by atoms with Crippen molar-refractivity contribution in [3.8, 4) is 0 Å². The highest BCUT2D eigenvalue weighted by Crippen LogP contribution is 2.35. The molecule has 0 saturated carbocycles. The van der Waals surface area contributed by atoms with E-state index in [1.165, 1.54) is 0 Å². The van der Waals surface area contributed by atoms with Gasteiger partial charge in [-0.05, 0) is 56.7 Å². The molecule has 0 atom stereocenters. The van der Waals surface area contributed by atoms with Gasteiger partial charge in [0.15, 0.2) is 5.17 Å². The Morgan fingerprint density at radius 2 is 2.00 bits per heavy atom. The smallest absolute Gasteiger partial charge is 0.307 e. The van der Waals surface area contributed by atoms with Crippen LogP contribution in [0.25, 0.3) is 0 Å². The van der Waals surface area contributed by atoms with E-state index >= 15 is 0 Å². The third kappa shape index (κ3) is 4.35. The number of anilines is 2. The van der Waals surface area contributed by atoms with Crippen LogP contribution in [0.1, 0.15) is 19.4 Å². The number of carbonyl (C=O) groups excluding carboxylic acids is 1. The molecular weight excluding hydrogens is 354 g/mol. The Labute approximate surface area is 157 Å². The first kappa shape index (κ1) is 17.8. The van der Waals surface area contributed by atoms with Gasteiger partial charge in [0.25, 0.3) is 0 Å². The van der Waals surface area contributed by atoms with Crippen LogP contribution in [0, 0.1) is 6.92 Å². The molecule has 0 saturated heterocycles. The van der Waals surface area contributed by atoms with E-state index in [1.807, 2.05) is 37.3 Å². The van der Waals surface area contributed by atoms with E-state index in [0.717, 1.165) is 11.3 Å². The minimum absolute atomic E-state index is 0.0201. The molecule has 0 bridgehead atoms. The number of hydrogen-bond acceptors (Lipinski definition) is 3. The number of aryl methyl sites for hydroxylation is 1. The Hall–Kier alpha value is -1.98.